The molecule has 1 aliphatic heterocycles. The summed E-state index contributed by atoms with van der Waals surface area (Å²) < 4.78 is 5.35. The van der Waals surface area contributed by atoms with Crippen molar-refractivity contribution >= 4 is 12.4 Å². The van der Waals surface area contributed by atoms with Gasteiger partial charge in [0.15, 0.2) is 5.82 Å². The molecular formula is C15H21ClN4O. The van der Waals surface area contributed by atoms with Gasteiger partial charge >= 0.3 is 0 Å². The van der Waals surface area contributed by atoms with E-state index in [9.17, 15) is 0 Å². The molecule has 0 radical (unpaired) electrons. The topological polar surface area (TPSA) is 54.2 Å². The van der Waals surface area contributed by atoms with Gasteiger partial charge < -0.3 is 9.84 Å². The Balaban J connectivity index is 0.00000161. The van der Waals surface area contributed by atoms with E-state index in [1.54, 1.807) is 0 Å². The smallest absolute Gasteiger partial charge is 0.257 e. The number of likely N-dealkylation sites (tertiary alicyclic amines) is 1. The molecule has 1 saturated heterocycles. The third kappa shape index (κ3) is 3.81. The van der Waals surface area contributed by atoms with Gasteiger partial charge in [0.2, 0.25) is 0 Å². The summed E-state index contributed by atoms with van der Waals surface area (Å²) in [5.74, 6) is 1.37. The first kappa shape index (κ1) is 15.9. The van der Waals surface area contributed by atoms with Crippen molar-refractivity contribution < 1.29 is 4.52 Å². The van der Waals surface area contributed by atoms with E-state index in [1.807, 2.05) is 37.4 Å². The van der Waals surface area contributed by atoms with E-state index in [0.717, 1.165) is 31.0 Å². The van der Waals surface area contributed by atoms with Gasteiger partial charge in [0.25, 0.3) is 5.89 Å². The highest BCUT2D eigenvalue weighted by atomic mass is 35.5. The quantitative estimate of drug-likeness (QED) is 0.919. The Morgan fingerprint density at radius 2 is 2.14 bits per heavy atom. The number of aromatic nitrogens is 2. The van der Waals surface area contributed by atoms with Gasteiger partial charge in [-0.15, -0.1) is 12.4 Å². The molecule has 2 aromatic rings. The highest BCUT2D eigenvalue weighted by molar-refractivity contribution is 5.85. The molecule has 0 bridgehead atoms. The number of hydrogen-bond donors (Lipinski definition) is 1. The molecule has 0 aliphatic carbocycles. The summed E-state index contributed by atoms with van der Waals surface area (Å²) in [4.78, 5) is 6.93. The van der Waals surface area contributed by atoms with Gasteiger partial charge in [-0.1, -0.05) is 23.4 Å². The fraction of sp³-hybridized carbons (Fsp3) is 0.467. The van der Waals surface area contributed by atoms with Crippen LogP contribution in [0.3, 0.4) is 0 Å². The monoisotopic (exact) mass is 308 g/mol. The molecule has 114 valence electrons. The van der Waals surface area contributed by atoms with Gasteiger partial charge in [-0.05, 0) is 38.6 Å². The van der Waals surface area contributed by atoms with E-state index in [1.165, 1.54) is 12.8 Å². The number of benzene rings is 1. The van der Waals surface area contributed by atoms with Crippen LogP contribution in [0.5, 0.6) is 0 Å². The molecular weight excluding hydrogens is 288 g/mol. The Kier molecular flexibility index (Phi) is 5.73. The predicted molar refractivity (Wildman–Crippen MR) is 84.3 cm³/mol. The van der Waals surface area contributed by atoms with Gasteiger partial charge in [-0.25, -0.2) is 0 Å². The first-order valence-corrected chi connectivity index (χ1v) is 7.13. The summed E-state index contributed by atoms with van der Waals surface area (Å²) in [5, 5.41) is 7.35. The van der Waals surface area contributed by atoms with Crippen molar-refractivity contribution in [1.29, 1.82) is 0 Å². The van der Waals surface area contributed by atoms with E-state index < -0.39 is 0 Å². The molecule has 1 aliphatic rings. The number of hydrogen-bond acceptors (Lipinski definition) is 5. The predicted octanol–water partition coefficient (Wildman–Crippen LogP) is 2.34. The van der Waals surface area contributed by atoms with Crippen LogP contribution in [0.25, 0.3) is 11.5 Å². The average molecular weight is 309 g/mol. The van der Waals surface area contributed by atoms with Crippen LogP contribution in [0.4, 0.5) is 0 Å². The summed E-state index contributed by atoms with van der Waals surface area (Å²) in [7, 11) is 2.00. The molecule has 21 heavy (non-hydrogen) atoms. The number of halogens is 1. The lowest BCUT2D eigenvalue weighted by Crippen LogP contribution is -2.36. The zero-order valence-corrected chi connectivity index (χ0v) is 13.0. The maximum Gasteiger partial charge on any atom is 0.257 e. The van der Waals surface area contributed by atoms with Crippen LogP contribution in [0, 0.1) is 0 Å². The van der Waals surface area contributed by atoms with Crippen molar-refractivity contribution in [3.05, 3.63) is 36.2 Å². The summed E-state index contributed by atoms with van der Waals surface area (Å²) in [6.45, 7) is 2.90. The van der Waals surface area contributed by atoms with Crippen LogP contribution in [0.2, 0.25) is 0 Å². The SMILES string of the molecule is CNCC1CCCN1Cc1noc(-c2ccccc2)n1.Cl. The third-order valence-electron chi connectivity index (χ3n) is 3.77. The van der Waals surface area contributed by atoms with Gasteiger partial charge in [0.1, 0.15) is 0 Å². The van der Waals surface area contributed by atoms with Crippen LogP contribution in [-0.2, 0) is 6.54 Å². The molecule has 6 heteroatoms. The fourth-order valence-electron chi connectivity index (χ4n) is 2.77. The van der Waals surface area contributed by atoms with Crippen LogP contribution < -0.4 is 5.32 Å². The first-order valence-electron chi connectivity index (χ1n) is 7.13. The molecule has 1 fully saturated rings. The summed E-state index contributed by atoms with van der Waals surface area (Å²) >= 11 is 0. The normalized spacial score (nSPS) is 18.6. The molecule has 0 spiro atoms. The Labute approximate surface area is 131 Å². The average Bonchev–Trinajstić information content (AvgIpc) is 3.11. The number of rotatable bonds is 5. The van der Waals surface area contributed by atoms with Crippen LogP contribution >= 0.6 is 12.4 Å². The van der Waals surface area contributed by atoms with Gasteiger partial charge in [-0.2, -0.15) is 4.98 Å². The fourth-order valence-corrected chi connectivity index (χ4v) is 2.77. The second-order valence-electron chi connectivity index (χ2n) is 5.21. The van der Waals surface area contributed by atoms with Crippen molar-refractivity contribution in [2.45, 2.75) is 25.4 Å². The molecule has 0 amide bonds. The largest absolute Gasteiger partial charge is 0.334 e. The molecule has 0 saturated carbocycles. The van der Waals surface area contributed by atoms with Gasteiger partial charge in [0, 0.05) is 18.2 Å². The maximum absolute atomic E-state index is 5.35. The Hall–Kier alpha value is -1.43. The molecule has 1 aromatic carbocycles. The van der Waals surface area contributed by atoms with Crippen molar-refractivity contribution in [3.8, 4) is 11.5 Å². The Bertz CT molecular complexity index is 546. The number of nitrogens with one attached hydrogen (secondary N) is 1. The molecule has 1 N–H and O–H groups in total. The minimum Gasteiger partial charge on any atom is -0.334 e. The lowest BCUT2D eigenvalue weighted by atomic mass is 10.2. The van der Waals surface area contributed by atoms with Crippen molar-refractivity contribution in [1.82, 2.24) is 20.4 Å². The lowest BCUT2D eigenvalue weighted by Gasteiger charge is -2.22. The Morgan fingerprint density at radius 1 is 1.33 bits per heavy atom. The van der Waals surface area contributed by atoms with E-state index in [0.29, 0.717) is 11.9 Å². The minimum atomic E-state index is 0. The molecule has 5 nitrogen and oxygen atoms in total. The number of likely N-dealkylation sites (N-methyl/N-ethyl adjacent to an activating group) is 1. The van der Waals surface area contributed by atoms with E-state index in [-0.39, 0.29) is 12.4 Å². The second-order valence-corrected chi connectivity index (χ2v) is 5.21. The molecule has 1 unspecified atom stereocenters. The maximum atomic E-state index is 5.35. The summed E-state index contributed by atoms with van der Waals surface area (Å²) in [6.07, 6.45) is 2.49. The van der Waals surface area contributed by atoms with E-state index in [4.69, 9.17) is 4.52 Å². The summed E-state index contributed by atoms with van der Waals surface area (Å²) in [6, 6.07) is 10.5. The third-order valence-corrected chi connectivity index (χ3v) is 3.77. The van der Waals surface area contributed by atoms with Crippen molar-refractivity contribution in [2.24, 2.45) is 0 Å². The van der Waals surface area contributed by atoms with Crippen molar-refractivity contribution in [2.75, 3.05) is 20.1 Å². The van der Waals surface area contributed by atoms with E-state index >= 15 is 0 Å². The molecule has 2 heterocycles. The highest BCUT2D eigenvalue weighted by Gasteiger charge is 2.25. The summed E-state index contributed by atoms with van der Waals surface area (Å²) in [5.41, 5.74) is 0.972. The van der Waals surface area contributed by atoms with Gasteiger partial charge in [-0.3, -0.25) is 4.90 Å². The minimum absolute atomic E-state index is 0. The second kappa shape index (κ2) is 7.54. The standard InChI is InChI=1S/C15H20N4O.ClH/c1-16-10-13-8-5-9-19(13)11-14-17-15(20-18-14)12-6-3-2-4-7-12;/h2-4,6-7,13,16H,5,8-11H2,1H3;1H. The van der Waals surface area contributed by atoms with Crippen LogP contribution in [0.1, 0.15) is 18.7 Å². The van der Waals surface area contributed by atoms with E-state index in [2.05, 4.69) is 20.4 Å². The molecule has 3 rings (SSSR count). The van der Waals surface area contributed by atoms with Crippen molar-refractivity contribution in [3.63, 3.8) is 0 Å². The zero-order valence-electron chi connectivity index (χ0n) is 12.2. The molecule has 1 atom stereocenters. The zero-order chi connectivity index (χ0) is 13.8. The number of nitrogens with zero attached hydrogens (tertiary/aromatic N) is 3. The first-order chi connectivity index (χ1) is 9.86. The van der Waals surface area contributed by atoms with Crippen LogP contribution in [-0.4, -0.2) is 41.2 Å². The lowest BCUT2D eigenvalue weighted by molar-refractivity contribution is 0.233. The Morgan fingerprint density at radius 3 is 2.90 bits per heavy atom. The van der Waals surface area contributed by atoms with Gasteiger partial charge in [0.05, 0.1) is 6.54 Å². The molecule has 1 aromatic heterocycles. The van der Waals surface area contributed by atoms with Crippen LogP contribution in [0.15, 0.2) is 34.9 Å². The highest BCUT2D eigenvalue weighted by Crippen LogP contribution is 2.20.